The Hall–Kier alpha value is -3.00. The van der Waals surface area contributed by atoms with Gasteiger partial charge in [-0.3, -0.25) is 19.6 Å². The smallest absolute Gasteiger partial charge is 0.246 e. The lowest BCUT2D eigenvalue weighted by atomic mass is 9.99. The second-order valence-corrected chi connectivity index (χ2v) is 11.0. The lowest BCUT2D eigenvalue weighted by Crippen LogP contribution is -2.45. The molecule has 194 valence electrons. The molecule has 2 fully saturated rings. The number of likely N-dealkylation sites (tertiary alicyclic amines) is 1. The first kappa shape index (κ1) is 25.6. The van der Waals surface area contributed by atoms with Crippen molar-refractivity contribution in [2.75, 3.05) is 45.9 Å². The van der Waals surface area contributed by atoms with Crippen molar-refractivity contribution in [3.8, 4) is 5.75 Å². The van der Waals surface area contributed by atoms with E-state index < -0.39 is 0 Å². The molecular weight excluding hydrogens is 480 g/mol. The van der Waals surface area contributed by atoms with Crippen LogP contribution < -0.4 is 4.74 Å². The number of piperidine rings is 1. The Kier molecular flexibility index (Phi) is 9.00. The second kappa shape index (κ2) is 13.0. The fourth-order valence-corrected chi connectivity index (χ4v) is 5.68. The molecule has 0 saturated carbocycles. The van der Waals surface area contributed by atoms with E-state index in [0.717, 1.165) is 75.8 Å². The number of aromatic nitrogens is 1. The van der Waals surface area contributed by atoms with Crippen molar-refractivity contribution >= 4 is 23.3 Å². The Morgan fingerprint density at radius 1 is 0.973 bits per heavy atom. The van der Waals surface area contributed by atoms with Crippen molar-refractivity contribution in [2.24, 2.45) is 5.92 Å². The standard InChI is InChI=1S/C30H36N4O2S/c35-30(12-11-29-6-3-19-37-29)34-14-2-5-27(23-34)24-36-28-9-7-25(8-10-28)21-32-15-17-33(18-16-32)22-26-4-1-13-31-20-26/h1,3-4,6-13,19-20,27H,2,5,14-18,21-24H2/b12-11+/t27-/m1/s1. The van der Waals surface area contributed by atoms with Gasteiger partial charge in [0.15, 0.2) is 0 Å². The minimum Gasteiger partial charge on any atom is -0.493 e. The van der Waals surface area contributed by atoms with Crippen LogP contribution in [0, 0.1) is 5.92 Å². The van der Waals surface area contributed by atoms with Gasteiger partial charge < -0.3 is 9.64 Å². The summed E-state index contributed by atoms with van der Waals surface area (Å²) in [7, 11) is 0. The molecule has 1 amide bonds. The zero-order valence-corrected chi connectivity index (χ0v) is 22.2. The summed E-state index contributed by atoms with van der Waals surface area (Å²) < 4.78 is 6.13. The molecule has 0 spiro atoms. The molecule has 0 bridgehead atoms. The highest BCUT2D eigenvalue weighted by Crippen LogP contribution is 2.21. The number of hydrogen-bond donors (Lipinski definition) is 0. The normalized spacial score (nSPS) is 19.4. The lowest BCUT2D eigenvalue weighted by Gasteiger charge is -2.34. The van der Waals surface area contributed by atoms with Crippen LogP contribution in [0.4, 0.5) is 0 Å². The zero-order chi connectivity index (χ0) is 25.3. The molecule has 5 rings (SSSR count). The molecule has 1 aromatic carbocycles. The van der Waals surface area contributed by atoms with Crippen LogP contribution in [-0.4, -0.2) is 71.5 Å². The van der Waals surface area contributed by atoms with E-state index in [1.54, 1.807) is 17.4 Å². The topological polar surface area (TPSA) is 48.9 Å². The van der Waals surface area contributed by atoms with Crippen molar-refractivity contribution < 1.29 is 9.53 Å². The third-order valence-electron chi connectivity index (χ3n) is 7.17. The zero-order valence-electron chi connectivity index (χ0n) is 21.4. The molecule has 3 aromatic rings. The van der Waals surface area contributed by atoms with Gasteiger partial charge in [-0.15, -0.1) is 11.3 Å². The van der Waals surface area contributed by atoms with E-state index in [1.807, 2.05) is 46.9 Å². The molecule has 2 saturated heterocycles. The Morgan fingerprint density at radius 2 is 1.76 bits per heavy atom. The molecular formula is C30H36N4O2S. The van der Waals surface area contributed by atoms with Crippen LogP contribution in [-0.2, 0) is 17.9 Å². The monoisotopic (exact) mass is 516 g/mol. The quantitative estimate of drug-likeness (QED) is 0.383. The van der Waals surface area contributed by atoms with E-state index in [1.165, 1.54) is 11.1 Å². The number of ether oxygens (including phenoxy) is 1. The summed E-state index contributed by atoms with van der Waals surface area (Å²) in [4.78, 5) is 24.9. The van der Waals surface area contributed by atoms with Crippen LogP contribution >= 0.6 is 11.3 Å². The van der Waals surface area contributed by atoms with E-state index in [9.17, 15) is 4.79 Å². The highest BCUT2D eigenvalue weighted by atomic mass is 32.1. The maximum Gasteiger partial charge on any atom is 0.246 e. The predicted molar refractivity (Wildman–Crippen MR) is 149 cm³/mol. The number of pyridine rings is 1. The molecule has 0 N–H and O–H groups in total. The van der Waals surface area contributed by atoms with Gasteiger partial charge in [0.05, 0.1) is 6.61 Å². The van der Waals surface area contributed by atoms with Crippen LogP contribution in [0.5, 0.6) is 5.75 Å². The largest absolute Gasteiger partial charge is 0.493 e. The molecule has 37 heavy (non-hydrogen) atoms. The Balaban J connectivity index is 1.03. The van der Waals surface area contributed by atoms with E-state index >= 15 is 0 Å². The summed E-state index contributed by atoms with van der Waals surface area (Å²) in [6.07, 6.45) is 9.54. The molecule has 0 unspecified atom stereocenters. The number of benzene rings is 1. The van der Waals surface area contributed by atoms with Gasteiger partial charge in [-0.1, -0.05) is 24.3 Å². The van der Waals surface area contributed by atoms with Crippen molar-refractivity contribution in [1.29, 1.82) is 0 Å². The van der Waals surface area contributed by atoms with Gasteiger partial charge in [0.1, 0.15) is 5.75 Å². The third-order valence-corrected chi connectivity index (χ3v) is 8.01. The number of nitrogens with zero attached hydrogens (tertiary/aromatic N) is 4. The molecule has 2 aliphatic rings. The number of thiophene rings is 1. The van der Waals surface area contributed by atoms with E-state index in [-0.39, 0.29) is 5.91 Å². The van der Waals surface area contributed by atoms with E-state index in [2.05, 4.69) is 45.1 Å². The van der Waals surface area contributed by atoms with Crippen molar-refractivity contribution in [1.82, 2.24) is 19.7 Å². The average Bonchev–Trinajstić information content (AvgIpc) is 3.47. The molecule has 0 radical (unpaired) electrons. The minimum atomic E-state index is 0.0976. The number of carbonyl (C=O) groups is 1. The van der Waals surface area contributed by atoms with Gasteiger partial charge in [-0.2, -0.15) is 0 Å². The van der Waals surface area contributed by atoms with Crippen molar-refractivity contribution in [3.05, 3.63) is 88.4 Å². The van der Waals surface area contributed by atoms with E-state index in [0.29, 0.717) is 12.5 Å². The Labute approximate surface area is 224 Å². The summed E-state index contributed by atoms with van der Waals surface area (Å²) in [5.74, 6) is 1.38. The maximum atomic E-state index is 12.6. The van der Waals surface area contributed by atoms with Crippen LogP contribution in [0.15, 0.2) is 72.4 Å². The predicted octanol–water partition coefficient (Wildman–Crippen LogP) is 4.79. The summed E-state index contributed by atoms with van der Waals surface area (Å²) in [6.45, 7) is 8.52. The highest BCUT2D eigenvalue weighted by molar-refractivity contribution is 7.10. The molecule has 6 nitrogen and oxygen atoms in total. The first-order valence-corrected chi connectivity index (χ1v) is 14.1. The van der Waals surface area contributed by atoms with Gasteiger partial charge in [0.2, 0.25) is 5.91 Å². The number of hydrogen-bond acceptors (Lipinski definition) is 6. The highest BCUT2D eigenvalue weighted by Gasteiger charge is 2.23. The first-order chi connectivity index (χ1) is 18.2. The molecule has 0 aliphatic carbocycles. The molecule has 7 heteroatoms. The third kappa shape index (κ3) is 7.74. The van der Waals surface area contributed by atoms with Crippen molar-refractivity contribution in [3.63, 3.8) is 0 Å². The van der Waals surface area contributed by atoms with Gasteiger partial charge >= 0.3 is 0 Å². The Morgan fingerprint density at radius 3 is 2.46 bits per heavy atom. The lowest BCUT2D eigenvalue weighted by molar-refractivity contribution is -0.127. The van der Waals surface area contributed by atoms with Crippen LogP contribution in [0.2, 0.25) is 0 Å². The molecule has 2 aromatic heterocycles. The van der Waals surface area contributed by atoms with Crippen LogP contribution in [0.1, 0.15) is 28.8 Å². The average molecular weight is 517 g/mol. The summed E-state index contributed by atoms with van der Waals surface area (Å²) in [5, 5.41) is 2.03. The second-order valence-electron chi connectivity index (χ2n) is 10.0. The van der Waals surface area contributed by atoms with Crippen molar-refractivity contribution in [2.45, 2.75) is 25.9 Å². The maximum absolute atomic E-state index is 12.6. The molecule has 4 heterocycles. The number of rotatable bonds is 9. The fraction of sp³-hybridized carbons (Fsp3) is 0.400. The van der Waals surface area contributed by atoms with E-state index in [4.69, 9.17) is 4.74 Å². The summed E-state index contributed by atoms with van der Waals surface area (Å²) in [6, 6.07) is 16.7. The fourth-order valence-electron chi connectivity index (χ4n) is 5.06. The number of amides is 1. The van der Waals surface area contributed by atoms with Gasteiger partial charge in [0, 0.05) is 81.6 Å². The SMILES string of the molecule is O=C(/C=C/c1cccs1)N1CCC[C@@H](COc2ccc(CN3CCN(Cc4cccnc4)CC3)cc2)C1. The number of piperazine rings is 1. The summed E-state index contributed by atoms with van der Waals surface area (Å²) >= 11 is 1.64. The van der Waals surface area contributed by atoms with Gasteiger partial charge in [0.25, 0.3) is 0 Å². The minimum absolute atomic E-state index is 0.0976. The van der Waals surface area contributed by atoms with Gasteiger partial charge in [-0.05, 0) is 59.7 Å². The first-order valence-electron chi connectivity index (χ1n) is 13.3. The van der Waals surface area contributed by atoms with Crippen LogP contribution in [0.3, 0.4) is 0 Å². The Bertz CT molecular complexity index is 1130. The van der Waals surface area contributed by atoms with Gasteiger partial charge in [-0.25, -0.2) is 0 Å². The molecule has 1 atom stereocenters. The molecule has 2 aliphatic heterocycles. The summed E-state index contributed by atoms with van der Waals surface area (Å²) in [5.41, 5.74) is 2.60. The van der Waals surface area contributed by atoms with Crippen LogP contribution in [0.25, 0.3) is 6.08 Å². The number of carbonyl (C=O) groups excluding carboxylic acids is 1.